The van der Waals surface area contributed by atoms with Crippen molar-refractivity contribution >= 4 is 36.5 Å². The summed E-state index contributed by atoms with van der Waals surface area (Å²) in [6, 6.07) is 0.188. The Morgan fingerprint density at radius 3 is 2.57 bits per heavy atom. The second-order valence-corrected chi connectivity index (χ2v) is 7.31. The van der Waals surface area contributed by atoms with Gasteiger partial charge in [0.05, 0.1) is 11.5 Å². The molecular weight excluding hydrogens is 405 g/mol. The molecule has 21 heavy (non-hydrogen) atoms. The van der Waals surface area contributed by atoms with Gasteiger partial charge in [-0.1, -0.05) is 18.7 Å². The molecule has 0 heterocycles. The third kappa shape index (κ3) is 9.02. The molecule has 0 spiro atoms. The van der Waals surface area contributed by atoms with Crippen molar-refractivity contribution in [2.24, 2.45) is 0 Å². The van der Waals surface area contributed by atoms with Crippen LogP contribution in [0.1, 0.15) is 13.8 Å². The fraction of sp³-hybridized carbons (Fsp3) is 0.462. The number of sulfonamides is 1. The molecule has 0 aromatic carbocycles. The fourth-order valence-electron chi connectivity index (χ4n) is 1.31. The second kappa shape index (κ2) is 10.1. The molecular formula is C13H22IN3O3S. The van der Waals surface area contributed by atoms with Gasteiger partial charge in [0.15, 0.2) is 3.84 Å². The Bertz CT molecular complexity index is 527. The minimum atomic E-state index is -3.64. The number of amidine groups is 1. The summed E-state index contributed by atoms with van der Waals surface area (Å²) in [5.74, 6) is 0. The highest BCUT2D eigenvalue weighted by atomic mass is 127. The minimum Gasteiger partial charge on any atom is -0.383 e. The van der Waals surface area contributed by atoms with Crippen LogP contribution < -0.4 is 10.0 Å². The van der Waals surface area contributed by atoms with E-state index < -0.39 is 10.0 Å². The molecule has 0 saturated carbocycles. The first-order valence-corrected chi connectivity index (χ1v) is 8.78. The number of hydrogen-bond donors (Lipinski definition) is 3. The third-order valence-corrected chi connectivity index (χ3v) is 4.61. The van der Waals surface area contributed by atoms with E-state index in [0.29, 0.717) is 13.2 Å². The first kappa shape index (κ1) is 20.3. The molecule has 8 heteroatoms. The van der Waals surface area contributed by atoms with Gasteiger partial charge in [-0.25, -0.2) is 8.42 Å². The molecule has 120 valence electrons. The van der Waals surface area contributed by atoms with Gasteiger partial charge < -0.3 is 10.1 Å². The van der Waals surface area contributed by atoms with E-state index in [0.717, 1.165) is 5.57 Å². The zero-order valence-corrected chi connectivity index (χ0v) is 15.4. The van der Waals surface area contributed by atoms with Crippen LogP contribution in [0.2, 0.25) is 0 Å². The summed E-state index contributed by atoms with van der Waals surface area (Å²) in [6.45, 7) is 8.32. The summed E-state index contributed by atoms with van der Waals surface area (Å²) in [5, 5.41) is 10.4. The largest absolute Gasteiger partial charge is 0.383 e. The van der Waals surface area contributed by atoms with Gasteiger partial charge in [0.2, 0.25) is 0 Å². The van der Waals surface area contributed by atoms with E-state index >= 15 is 0 Å². The molecule has 0 amide bonds. The van der Waals surface area contributed by atoms with Gasteiger partial charge in [0, 0.05) is 19.7 Å². The van der Waals surface area contributed by atoms with Crippen molar-refractivity contribution in [1.29, 1.82) is 5.41 Å². The Labute approximate surface area is 140 Å². The number of rotatable bonds is 9. The maximum Gasteiger partial charge on any atom is 0.259 e. The van der Waals surface area contributed by atoms with E-state index in [1.54, 1.807) is 41.9 Å². The van der Waals surface area contributed by atoms with E-state index in [2.05, 4.69) is 16.6 Å². The van der Waals surface area contributed by atoms with Gasteiger partial charge in [0.1, 0.15) is 0 Å². The Kier molecular flexibility index (Phi) is 9.75. The van der Waals surface area contributed by atoms with E-state index in [4.69, 9.17) is 10.1 Å². The molecule has 1 atom stereocenters. The SMILES string of the molecule is C=C/C(=C\C=C(/C)S(=O)(=O)NC(=N)I)CNC(C)COC. The summed E-state index contributed by atoms with van der Waals surface area (Å²) in [6.07, 6.45) is 4.84. The van der Waals surface area contributed by atoms with Gasteiger partial charge in [-0.05, 0) is 48.1 Å². The zero-order valence-electron chi connectivity index (χ0n) is 12.4. The third-order valence-electron chi connectivity index (χ3n) is 2.51. The maximum absolute atomic E-state index is 11.8. The zero-order chi connectivity index (χ0) is 16.5. The topological polar surface area (TPSA) is 91.3 Å². The Hall–Kier alpha value is -0.710. The van der Waals surface area contributed by atoms with Gasteiger partial charge in [-0.2, -0.15) is 0 Å². The van der Waals surface area contributed by atoms with Gasteiger partial charge in [-0.3, -0.25) is 10.1 Å². The highest BCUT2D eigenvalue weighted by Crippen LogP contribution is 2.06. The van der Waals surface area contributed by atoms with Crippen LogP contribution in [-0.4, -0.2) is 38.6 Å². The molecule has 3 N–H and O–H groups in total. The Morgan fingerprint density at radius 1 is 1.48 bits per heavy atom. The lowest BCUT2D eigenvalue weighted by molar-refractivity contribution is 0.173. The Balaban J connectivity index is 4.82. The van der Waals surface area contributed by atoms with Crippen LogP contribution >= 0.6 is 22.6 Å². The van der Waals surface area contributed by atoms with Crippen LogP contribution in [0.3, 0.4) is 0 Å². The van der Waals surface area contributed by atoms with Crippen LogP contribution in [0.15, 0.2) is 35.3 Å². The number of ether oxygens (including phenoxy) is 1. The molecule has 0 aromatic heterocycles. The molecule has 0 saturated heterocycles. The first-order valence-electron chi connectivity index (χ1n) is 6.22. The van der Waals surface area contributed by atoms with Crippen molar-refractivity contribution in [3.8, 4) is 0 Å². The molecule has 1 unspecified atom stereocenters. The van der Waals surface area contributed by atoms with Crippen molar-refractivity contribution in [1.82, 2.24) is 10.0 Å². The van der Waals surface area contributed by atoms with Gasteiger partial charge in [0.25, 0.3) is 10.0 Å². The van der Waals surface area contributed by atoms with Crippen molar-refractivity contribution in [3.05, 3.63) is 35.3 Å². The number of halogens is 1. The summed E-state index contributed by atoms with van der Waals surface area (Å²) < 4.78 is 30.5. The average molecular weight is 427 g/mol. The summed E-state index contributed by atoms with van der Waals surface area (Å²) in [7, 11) is -2.01. The lowest BCUT2D eigenvalue weighted by Gasteiger charge is -2.12. The van der Waals surface area contributed by atoms with Crippen LogP contribution in [0, 0.1) is 5.41 Å². The molecule has 0 fully saturated rings. The highest BCUT2D eigenvalue weighted by Gasteiger charge is 2.12. The normalized spacial score (nSPS) is 14.7. The quantitative estimate of drug-likeness (QED) is 0.172. The Morgan fingerprint density at radius 2 is 2.10 bits per heavy atom. The fourth-order valence-corrected chi connectivity index (χ4v) is 2.83. The summed E-state index contributed by atoms with van der Waals surface area (Å²) >= 11 is 1.59. The summed E-state index contributed by atoms with van der Waals surface area (Å²) in [5.41, 5.74) is 0.858. The van der Waals surface area contributed by atoms with Crippen LogP contribution in [0.25, 0.3) is 0 Å². The van der Waals surface area contributed by atoms with Gasteiger partial charge in [-0.15, -0.1) is 0 Å². The van der Waals surface area contributed by atoms with Crippen molar-refractivity contribution in [2.75, 3.05) is 20.3 Å². The molecule has 6 nitrogen and oxygen atoms in total. The molecule has 0 bridgehead atoms. The predicted octanol–water partition coefficient (Wildman–Crippen LogP) is 1.92. The van der Waals surface area contributed by atoms with E-state index in [1.165, 1.54) is 13.0 Å². The number of nitrogens with one attached hydrogen (secondary N) is 3. The predicted molar refractivity (Wildman–Crippen MR) is 95.2 cm³/mol. The molecule has 0 aliphatic rings. The van der Waals surface area contributed by atoms with Crippen molar-refractivity contribution in [2.45, 2.75) is 19.9 Å². The van der Waals surface area contributed by atoms with Crippen molar-refractivity contribution < 1.29 is 13.2 Å². The van der Waals surface area contributed by atoms with Crippen LogP contribution in [-0.2, 0) is 14.8 Å². The lowest BCUT2D eigenvalue weighted by Crippen LogP contribution is -2.31. The summed E-state index contributed by atoms with van der Waals surface area (Å²) in [4.78, 5) is 0.133. The van der Waals surface area contributed by atoms with E-state index in [9.17, 15) is 8.42 Å². The number of hydrogen-bond acceptors (Lipinski definition) is 5. The molecule has 0 aliphatic heterocycles. The molecule has 0 radical (unpaired) electrons. The average Bonchev–Trinajstić information content (AvgIpc) is 2.37. The molecule has 0 aliphatic carbocycles. The first-order chi connectivity index (χ1) is 9.72. The number of allylic oxidation sites excluding steroid dienone is 3. The minimum absolute atomic E-state index is 0.133. The maximum atomic E-state index is 11.8. The second-order valence-electron chi connectivity index (χ2n) is 4.38. The smallest absolute Gasteiger partial charge is 0.259 e. The van der Waals surface area contributed by atoms with E-state index in [-0.39, 0.29) is 14.8 Å². The highest BCUT2D eigenvalue weighted by molar-refractivity contribution is 14.1. The van der Waals surface area contributed by atoms with E-state index in [1.807, 2.05) is 6.92 Å². The molecule has 0 rings (SSSR count). The molecule has 0 aromatic rings. The number of methoxy groups -OCH3 is 1. The van der Waals surface area contributed by atoms with Crippen LogP contribution in [0.5, 0.6) is 0 Å². The van der Waals surface area contributed by atoms with Crippen molar-refractivity contribution in [3.63, 3.8) is 0 Å². The standard InChI is InChI=1S/C13H22IN3O3S/c1-5-12(8-16-10(2)9-20-4)7-6-11(3)21(18,19)17-13(14)15/h5-7,10,16H,1,8-9H2,2-4H3,(H2,15,17)/b11-6+,12-7+. The van der Waals surface area contributed by atoms with Crippen LogP contribution in [0.4, 0.5) is 0 Å². The monoisotopic (exact) mass is 427 g/mol. The van der Waals surface area contributed by atoms with Gasteiger partial charge >= 0.3 is 0 Å². The lowest BCUT2D eigenvalue weighted by atomic mass is 10.2.